The molecule has 0 fully saturated rings. The molecular formula is C15H17N3O. The Kier molecular flexibility index (Phi) is 2.99. The molecule has 1 unspecified atom stereocenters. The van der Waals surface area contributed by atoms with Gasteiger partial charge in [-0.25, -0.2) is 4.98 Å². The summed E-state index contributed by atoms with van der Waals surface area (Å²) in [7, 11) is 0. The molecule has 2 aromatic rings. The standard InChI is InChI=1S/C15H17N3O/c1-10-9-17-15(8-12(10)16)18-13-6-7-19-14-5-3-2-4-11(13)14/h2-5,8-9,13H,6-7H2,1H3,(H3,16,17,18). The van der Waals surface area contributed by atoms with Crippen molar-refractivity contribution in [2.75, 3.05) is 17.7 Å². The normalized spacial score (nSPS) is 17.4. The van der Waals surface area contributed by atoms with E-state index in [1.165, 1.54) is 5.56 Å². The summed E-state index contributed by atoms with van der Waals surface area (Å²) in [6.07, 6.45) is 2.72. The maximum absolute atomic E-state index is 5.92. The lowest BCUT2D eigenvalue weighted by atomic mass is 10.0. The maximum Gasteiger partial charge on any atom is 0.128 e. The van der Waals surface area contributed by atoms with Gasteiger partial charge in [-0.3, -0.25) is 0 Å². The highest BCUT2D eigenvalue weighted by atomic mass is 16.5. The zero-order chi connectivity index (χ0) is 13.2. The highest BCUT2D eigenvalue weighted by Gasteiger charge is 2.21. The summed E-state index contributed by atoms with van der Waals surface area (Å²) in [5, 5.41) is 3.43. The van der Waals surface area contributed by atoms with Crippen molar-refractivity contribution in [1.82, 2.24) is 4.98 Å². The first-order valence-electron chi connectivity index (χ1n) is 6.44. The summed E-state index contributed by atoms with van der Waals surface area (Å²) in [4.78, 5) is 4.37. The van der Waals surface area contributed by atoms with E-state index in [9.17, 15) is 0 Å². The van der Waals surface area contributed by atoms with Crippen LogP contribution in [-0.4, -0.2) is 11.6 Å². The van der Waals surface area contributed by atoms with Crippen molar-refractivity contribution in [3.05, 3.63) is 47.7 Å². The second-order valence-corrected chi connectivity index (χ2v) is 4.80. The zero-order valence-electron chi connectivity index (χ0n) is 10.9. The van der Waals surface area contributed by atoms with Crippen LogP contribution < -0.4 is 15.8 Å². The molecule has 1 aromatic carbocycles. The molecule has 1 atom stereocenters. The minimum Gasteiger partial charge on any atom is -0.493 e. The molecule has 3 N–H and O–H groups in total. The van der Waals surface area contributed by atoms with E-state index in [2.05, 4.69) is 16.4 Å². The molecule has 3 rings (SSSR count). The number of nitrogens with one attached hydrogen (secondary N) is 1. The molecular weight excluding hydrogens is 238 g/mol. The summed E-state index contributed by atoms with van der Waals surface area (Å²) < 4.78 is 5.65. The number of para-hydroxylation sites is 1. The Balaban J connectivity index is 1.86. The van der Waals surface area contributed by atoms with E-state index in [4.69, 9.17) is 10.5 Å². The number of rotatable bonds is 2. The van der Waals surface area contributed by atoms with Gasteiger partial charge < -0.3 is 15.8 Å². The van der Waals surface area contributed by atoms with Crippen LogP contribution in [0.1, 0.15) is 23.6 Å². The first kappa shape index (κ1) is 11.8. The second kappa shape index (κ2) is 4.80. The Bertz CT molecular complexity index is 598. The van der Waals surface area contributed by atoms with E-state index in [1.54, 1.807) is 6.20 Å². The third kappa shape index (κ3) is 2.34. The Morgan fingerprint density at radius 3 is 3.05 bits per heavy atom. The number of aromatic nitrogens is 1. The fourth-order valence-corrected chi connectivity index (χ4v) is 2.29. The van der Waals surface area contributed by atoms with Crippen molar-refractivity contribution in [3.8, 4) is 5.75 Å². The van der Waals surface area contributed by atoms with Crippen LogP contribution in [0.2, 0.25) is 0 Å². The van der Waals surface area contributed by atoms with Crippen molar-refractivity contribution in [2.24, 2.45) is 0 Å². The first-order valence-corrected chi connectivity index (χ1v) is 6.44. The van der Waals surface area contributed by atoms with Crippen LogP contribution in [0.15, 0.2) is 36.5 Å². The van der Waals surface area contributed by atoms with Gasteiger partial charge in [0.25, 0.3) is 0 Å². The quantitative estimate of drug-likeness (QED) is 0.866. The van der Waals surface area contributed by atoms with E-state index in [1.807, 2.05) is 31.2 Å². The SMILES string of the molecule is Cc1cnc(NC2CCOc3ccccc32)cc1N. The van der Waals surface area contributed by atoms with Crippen LogP contribution in [0.25, 0.3) is 0 Å². The predicted octanol–water partition coefficient (Wildman–Crippen LogP) is 2.91. The van der Waals surface area contributed by atoms with E-state index < -0.39 is 0 Å². The predicted molar refractivity (Wildman–Crippen MR) is 76.3 cm³/mol. The topological polar surface area (TPSA) is 60.2 Å². The van der Waals surface area contributed by atoms with E-state index in [-0.39, 0.29) is 6.04 Å². The fraction of sp³-hybridized carbons (Fsp3) is 0.267. The van der Waals surface area contributed by atoms with E-state index in [0.29, 0.717) is 0 Å². The van der Waals surface area contributed by atoms with Crippen molar-refractivity contribution < 1.29 is 4.74 Å². The summed E-state index contributed by atoms with van der Waals surface area (Å²) in [5.74, 6) is 1.76. The molecule has 4 heteroatoms. The van der Waals surface area contributed by atoms with Crippen molar-refractivity contribution in [1.29, 1.82) is 0 Å². The van der Waals surface area contributed by atoms with Gasteiger partial charge in [0, 0.05) is 29.9 Å². The monoisotopic (exact) mass is 255 g/mol. The first-order chi connectivity index (χ1) is 9.24. The van der Waals surface area contributed by atoms with Crippen molar-refractivity contribution >= 4 is 11.5 Å². The number of nitrogen functional groups attached to an aromatic ring is 1. The van der Waals surface area contributed by atoms with Gasteiger partial charge in [0.1, 0.15) is 11.6 Å². The van der Waals surface area contributed by atoms with Gasteiger partial charge in [-0.15, -0.1) is 0 Å². The maximum atomic E-state index is 5.92. The highest BCUT2D eigenvalue weighted by molar-refractivity contribution is 5.55. The van der Waals surface area contributed by atoms with Gasteiger partial charge in [0.2, 0.25) is 0 Å². The fourth-order valence-electron chi connectivity index (χ4n) is 2.29. The molecule has 0 saturated carbocycles. The number of hydrogen-bond donors (Lipinski definition) is 2. The molecule has 19 heavy (non-hydrogen) atoms. The van der Waals surface area contributed by atoms with Gasteiger partial charge in [0.15, 0.2) is 0 Å². The molecule has 1 aliphatic rings. The number of hydrogen-bond acceptors (Lipinski definition) is 4. The Morgan fingerprint density at radius 2 is 2.21 bits per heavy atom. The van der Waals surface area contributed by atoms with Gasteiger partial charge in [-0.05, 0) is 18.6 Å². The molecule has 2 heterocycles. The van der Waals surface area contributed by atoms with Crippen molar-refractivity contribution in [2.45, 2.75) is 19.4 Å². The van der Waals surface area contributed by atoms with Crippen molar-refractivity contribution in [3.63, 3.8) is 0 Å². The second-order valence-electron chi connectivity index (χ2n) is 4.80. The van der Waals surface area contributed by atoms with Gasteiger partial charge in [-0.2, -0.15) is 0 Å². The van der Waals surface area contributed by atoms with Crippen LogP contribution in [0, 0.1) is 6.92 Å². The van der Waals surface area contributed by atoms with Crippen LogP contribution >= 0.6 is 0 Å². The van der Waals surface area contributed by atoms with E-state index >= 15 is 0 Å². The summed E-state index contributed by atoms with van der Waals surface area (Å²) in [5.41, 5.74) is 8.85. The van der Waals surface area contributed by atoms with Gasteiger partial charge in [-0.1, -0.05) is 18.2 Å². The number of aryl methyl sites for hydroxylation is 1. The molecule has 0 aliphatic carbocycles. The van der Waals surface area contributed by atoms with E-state index in [0.717, 1.165) is 35.8 Å². The molecule has 4 nitrogen and oxygen atoms in total. The van der Waals surface area contributed by atoms with Gasteiger partial charge in [0.05, 0.1) is 12.6 Å². The van der Waals surface area contributed by atoms with Gasteiger partial charge >= 0.3 is 0 Å². The molecule has 0 bridgehead atoms. The Hall–Kier alpha value is -2.23. The number of pyridine rings is 1. The zero-order valence-corrected chi connectivity index (χ0v) is 10.9. The average Bonchev–Trinajstić information content (AvgIpc) is 2.43. The molecule has 1 aromatic heterocycles. The summed E-state index contributed by atoms with van der Waals surface area (Å²) >= 11 is 0. The molecule has 98 valence electrons. The van der Waals surface area contributed by atoms with Crippen LogP contribution in [-0.2, 0) is 0 Å². The third-order valence-electron chi connectivity index (χ3n) is 3.43. The number of nitrogens with zero attached hydrogens (tertiary/aromatic N) is 1. The minimum absolute atomic E-state index is 0.222. The smallest absolute Gasteiger partial charge is 0.128 e. The number of fused-ring (bicyclic) bond motifs is 1. The number of ether oxygens (including phenoxy) is 1. The summed E-state index contributed by atoms with van der Waals surface area (Å²) in [6, 6.07) is 10.2. The highest BCUT2D eigenvalue weighted by Crippen LogP contribution is 2.33. The van der Waals surface area contributed by atoms with Crippen LogP contribution in [0.3, 0.4) is 0 Å². The number of benzene rings is 1. The third-order valence-corrected chi connectivity index (χ3v) is 3.43. The number of anilines is 2. The molecule has 0 spiro atoms. The molecule has 1 aliphatic heterocycles. The molecule has 0 saturated heterocycles. The summed E-state index contributed by atoms with van der Waals surface area (Å²) in [6.45, 7) is 2.67. The average molecular weight is 255 g/mol. The largest absolute Gasteiger partial charge is 0.493 e. The van der Waals surface area contributed by atoms with Crippen LogP contribution in [0.5, 0.6) is 5.75 Å². The number of nitrogens with two attached hydrogens (primary N) is 1. The Morgan fingerprint density at radius 1 is 1.37 bits per heavy atom. The lowest BCUT2D eigenvalue weighted by molar-refractivity contribution is 0.274. The minimum atomic E-state index is 0.222. The molecule has 0 radical (unpaired) electrons. The lowest BCUT2D eigenvalue weighted by Crippen LogP contribution is -2.20. The Labute approximate surface area is 112 Å². The molecule has 0 amide bonds. The van der Waals surface area contributed by atoms with Crippen LogP contribution in [0.4, 0.5) is 11.5 Å². The lowest BCUT2D eigenvalue weighted by Gasteiger charge is -2.27.